The van der Waals surface area contributed by atoms with Crippen LogP contribution < -0.4 is 5.73 Å². The van der Waals surface area contributed by atoms with Crippen LogP contribution in [0.5, 0.6) is 0 Å². The summed E-state index contributed by atoms with van der Waals surface area (Å²) in [5.41, 5.74) is 8.03. The average molecular weight is 234 g/mol. The summed E-state index contributed by atoms with van der Waals surface area (Å²) in [5.74, 6) is 0. The fourth-order valence-electron chi connectivity index (χ4n) is 2.38. The number of nitrogens with zero attached hydrogens (tertiary/aromatic N) is 1. The van der Waals surface area contributed by atoms with E-state index in [0.717, 1.165) is 25.2 Å². The van der Waals surface area contributed by atoms with Crippen molar-refractivity contribution in [2.24, 2.45) is 0 Å². The Kier molecular flexibility index (Phi) is 4.40. The van der Waals surface area contributed by atoms with Gasteiger partial charge in [0, 0.05) is 24.8 Å². The van der Waals surface area contributed by atoms with Crippen LogP contribution in [0, 0.1) is 0 Å². The maximum atomic E-state index is 9.09. The second kappa shape index (κ2) is 6.03. The first kappa shape index (κ1) is 12.4. The summed E-state index contributed by atoms with van der Waals surface area (Å²) in [6, 6.07) is 8.73. The first-order valence-electron chi connectivity index (χ1n) is 6.49. The molecule has 0 aliphatic heterocycles. The molecule has 1 fully saturated rings. The van der Waals surface area contributed by atoms with Crippen LogP contribution in [0.3, 0.4) is 0 Å². The van der Waals surface area contributed by atoms with Crippen molar-refractivity contribution in [3.8, 4) is 0 Å². The molecule has 3 heteroatoms. The molecule has 0 amide bonds. The number of rotatable bonds is 6. The van der Waals surface area contributed by atoms with Gasteiger partial charge in [-0.25, -0.2) is 0 Å². The van der Waals surface area contributed by atoms with E-state index in [2.05, 4.69) is 11.0 Å². The van der Waals surface area contributed by atoms with Crippen molar-refractivity contribution in [2.75, 3.05) is 25.4 Å². The van der Waals surface area contributed by atoms with Gasteiger partial charge in [-0.3, -0.25) is 4.90 Å². The van der Waals surface area contributed by atoms with Gasteiger partial charge in [-0.1, -0.05) is 24.6 Å². The summed E-state index contributed by atoms with van der Waals surface area (Å²) in [4.78, 5) is 2.40. The van der Waals surface area contributed by atoms with Crippen molar-refractivity contribution in [3.63, 3.8) is 0 Å². The van der Waals surface area contributed by atoms with Gasteiger partial charge in [-0.05, 0) is 30.9 Å². The number of nitrogen functional groups attached to an aromatic ring is 1. The van der Waals surface area contributed by atoms with E-state index in [1.165, 1.54) is 24.8 Å². The number of hydrogen-bond acceptors (Lipinski definition) is 3. The molecule has 0 saturated heterocycles. The van der Waals surface area contributed by atoms with Crippen molar-refractivity contribution in [2.45, 2.75) is 31.7 Å². The smallest absolute Gasteiger partial charge is 0.0558 e. The van der Waals surface area contributed by atoms with E-state index < -0.39 is 0 Å². The molecular weight excluding hydrogens is 212 g/mol. The molecule has 2 rings (SSSR count). The molecule has 0 aromatic heterocycles. The molecule has 0 unspecified atom stereocenters. The molecule has 0 spiro atoms. The molecule has 3 N–H and O–H groups in total. The highest BCUT2D eigenvalue weighted by atomic mass is 16.3. The lowest BCUT2D eigenvalue weighted by Gasteiger charge is -2.37. The van der Waals surface area contributed by atoms with Crippen molar-refractivity contribution in [3.05, 3.63) is 29.8 Å². The number of anilines is 1. The minimum absolute atomic E-state index is 0.251. The van der Waals surface area contributed by atoms with Gasteiger partial charge in [0.1, 0.15) is 0 Å². The van der Waals surface area contributed by atoms with E-state index in [1.54, 1.807) is 0 Å². The third kappa shape index (κ3) is 3.20. The maximum Gasteiger partial charge on any atom is 0.0558 e. The summed E-state index contributed by atoms with van der Waals surface area (Å²) in [6.45, 7) is 2.04. The SMILES string of the molecule is Nc1ccccc1CCN(CCO)C1CCC1. The fourth-order valence-corrected chi connectivity index (χ4v) is 2.38. The molecule has 0 atom stereocenters. The van der Waals surface area contributed by atoms with Crippen LogP contribution in [0.15, 0.2) is 24.3 Å². The summed E-state index contributed by atoms with van der Waals surface area (Å²) in [6.07, 6.45) is 4.87. The molecule has 1 aromatic carbocycles. The zero-order valence-electron chi connectivity index (χ0n) is 10.3. The van der Waals surface area contributed by atoms with E-state index in [1.807, 2.05) is 18.2 Å². The zero-order valence-corrected chi connectivity index (χ0v) is 10.3. The third-order valence-electron chi connectivity index (χ3n) is 3.70. The van der Waals surface area contributed by atoms with Crippen LogP contribution in [-0.4, -0.2) is 35.7 Å². The number of benzene rings is 1. The Labute approximate surface area is 103 Å². The lowest BCUT2D eigenvalue weighted by molar-refractivity contribution is 0.103. The van der Waals surface area contributed by atoms with Gasteiger partial charge in [0.25, 0.3) is 0 Å². The average Bonchev–Trinajstić information content (AvgIpc) is 2.25. The molecule has 1 saturated carbocycles. The summed E-state index contributed by atoms with van der Waals surface area (Å²) in [5, 5.41) is 9.09. The van der Waals surface area contributed by atoms with Crippen LogP contribution in [0.1, 0.15) is 24.8 Å². The van der Waals surface area contributed by atoms with Crippen molar-refractivity contribution in [1.82, 2.24) is 4.90 Å². The van der Waals surface area contributed by atoms with Crippen LogP contribution in [0.2, 0.25) is 0 Å². The van der Waals surface area contributed by atoms with Crippen molar-refractivity contribution in [1.29, 1.82) is 0 Å². The van der Waals surface area contributed by atoms with Crippen LogP contribution in [0.4, 0.5) is 5.69 Å². The summed E-state index contributed by atoms with van der Waals surface area (Å²) >= 11 is 0. The Bertz CT molecular complexity index is 350. The normalized spacial score (nSPS) is 16.1. The van der Waals surface area contributed by atoms with Crippen molar-refractivity contribution < 1.29 is 5.11 Å². The molecule has 1 aliphatic carbocycles. The fraction of sp³-hybridized carbons (Fsp3) is 0.571. The van der Waals surface area contributed by atoms with Crippen LogP contribution in [0.25, 0.3) is 0 Å². The van der Waals surface area contributed by atoms with E-state index in [4.69, 9.17) is 10.8 Å². The van der Waals surface area contributed by atoms with Crippen LogP contribution >= 0.6 is 0 Å². The molecule has 0 heterocycles. The Morgan fingerprint density at radius 1 is 1.24 bits per heavy atom. The lowest BCUT2D eigenvalue weighted by atomic mass is 9.91. The maximum absolute atomic E-state index is 9.09. The summed E-state index contributed by atoms with van der Waals surface area (Å²) in [7, 11) is 0. The Balaban J connectivity index is 1.88. The monoisotopic (exact) mass is 234 g/mol. The minimum atomic E-state index is 0.251. The highest BCUT2D eigenvalue weighted by Crippen LogP contribution is 2.25. The summed E-state index contributed by atoms with van der Waals surface area (Å²) < 4.78 is 0. The number of hydrogen-bond donors (Lipinski definition) is 2. The third-order valence-corrected chi connectivity index (χ3v) is 3.70. The molecule has 0 bridgehead atoms. The van der Waals surface area contributed by atoms with Crippen LogP contribution in [-0.2, 0) is 6.42 Å². The highest BCUT2D eigenvalue weighted by Gasteiger charge is 2.24. The van der Waals surface area contributed by atoms with E-state index in [0.29, 0.717) is 6.04 Å². The van der Waals surface area contributed by atoms with Gasteiger partial charge in [0.05, 0.1) is 6.61 Å². The standard InChI is InChI=1S/C14H22N2O/c15-14-7-2-1-4-12(14)8-9-16(10-11-17)13-5-3-6-13/h1-2,4,7,13,17H,3,5-6,8-11,15H2. The molecular formula is C14H22N2O. The topological polar surface area (TPSA) is 49.5 Å². The predicted molar refractivity (Wildman–Crippen MR) is 70.9 cm³/mol. The van der Waals surface area contributed by atoms with E-state index in [9.17, 15) is 0 Å². The van der Waals surface area contributed by atoms with Gasteiger partial charge in [-0.2, -0.15) is 0 Å². The van der Waals surface area contributed by atoms with Gasteiger partial charge in [0.2, 0.25) is 0 Å². The number of para-hydroxylation sites is 1. The number of aliphatic hydroxyl groups excluding tert-OH is 1. The van der Waals surface area contributed by atoms with E-state index in [-0.39, 0.29) is 6.61 Å². The Hall–Kier alpha value is -1.06. The van der Waals surface area contributed by atoms with Gasteiger partial charge in [-0.15, -0.1) is 0 Å². The molecule has 94 valence electrons. The Morgan fingerprint density at radius 3 is 2.59 bits per heavy atom. The lowest BCUT2D eigenvalue weighted by Crippen LogP contribution is -2.42. The van der Waals surface area contributed by atoms with Gasteiger partial charge >= 0.3 is 0 Å². The zero-order chi connectivity index (χ0) is 12.1. The largest absolute Gasteiger partial charge is 0.399 e. The van der Waals surface area contributed by atoms with Gasteiger partial charge in [0.15, 0.2) is 0 Å². The first-order chi connectivity index (χ1) is 8.31. The number of aliphatic hydroxyl groups is 1. The highest BCUT2D eigenvalue weighted by molar-refractivity contribution is 5.46. The number of nitrogens with two attached hydrogens (primary N) is 1. The molecule has 1 aliphatic rings. The van der Waals surface area contributed by atoms with E-state index >= 15 is 0 Å². The second-order valence-corrected chi connectivity index (χ2v) is 4.79. The van der Waals surface area contributed by atoms with Crippen molar-refractivity contribution >= 4 is 5.69 Å². The predicted octanol–water partition coefficient (Wildman–Crippen LogP) is 1.66. The second-order valence-electron chi connectivity index (χ2n) is 4.79. The molecule has 1 aromatic rings. The molecule has 3 nitrogen and oxygen atoms in total. The first-order valence-corrected chi connectivity index (χ1v) is 6.49. The Morgan fingerprint density at radius 2 is 2.00 bits per heavy atom. The molecule has 0 radical (unpaired) electrons. The van der Waals surface area contributed by atoms with Gasteiger partial charge < -0.3 is 10.8 Å². The quantitative estimate of drug-likeness (QED) is 0.736. The molecule has 17 heavy (non-hydrogen) atoms. The minimum Gasteiger partial charge on any atom is -0.399 e.